The predicted octanol–water partition coefficient (Wildman–Crippen LogP) is 3.49. The topological polar surface area (TPSA) is 29.9 Å². The van der Waals surface area contributed by atoms with Crippen LogP contribution in [0, 0.1) is 0 Å². The minimum atomic E-state index is 0.299. The average Bonchev–Trinajstić information content (AvgIpc) is 2.89. The van der Waals surface area contributed by atoms with Crippen LogP contribution in [-0.2, 0) is 0 Å². The SMILES string of the molecule is CC(C)=CCNC(C)c1cnn(-c2ccccc2)c1. The molecule has 1 aromatic heterocycles. The van der Waals surface area contributed by atoms with E-state index in [1.165, 1.54) is 11.1 Å². The Kier molecular flexibility index (Phi) is 4.53. The largest absolute Gasteiger partial charge is 0.307 e. The Hall–Kier alpha value is -1.87. The number of rotatable bonds is 5. The molecular formula is C16H21N3. The monoisotopic (exact) mass is 255 g/mol. The molecule has 1 N–H and O–H groups in total. The number of hydrogen-bond acceptors (Lipinski definition) is 2. The summed E-state index contributed by atoms with van der Waals surface area (Å²) in [4.78, 5) is 0. The first-order valence-electron chi connectivity index (χ1n) is 6.63. The lowest BCUT2D eigenvalue weighted by atomic mass is 10.2. The second-order valence-corrected chi connectivity index (χ2v) is 4.97. The van der Waals surface area contributed by atoms with Crippen LogP contribution in [0.1, 0.15) is 32.4 Å². The number of aromatic nitrogens is 2. The van der Waals surface area contributed by atoms with Crippen molar-refractivity contribution in [1.82, 2.24) is 15.1 Å². The standard InChI is InChI=1S/C16H21N3/c1-13(2)9-10-17-14(3)15-11-18-19(12-15)16-7-5-4-6-8-16/h4-9,11-12,14,17H,10H2,1-3H3. The van der Waals surface area contributed by atoms with E-state index >= 15 is 0 Å². The van der Waals surface area contributed by atoms with Crippen molar-refractivity contribution < 1.29 is 0 Å². The number of allylic oxidation sites excluding steroid dienone is 1. The molecule has 0 aliphatic carbocycles. The molecule has 1 atom stereocenters. The average molecular weight is 255 g/mol. The van der Waals surface area contributed by atoms with Crippen molar-refractivity contribution in [3.05, 3.63) is 59.9 Å². The number of benzene rings is 1. The van der Waals surface area contributed by atoms with Gasteiger partial charge in [-0.05, 0) is 32.9 Å². The summed E-state index contributed by atoms with van der Waals surface area (Å²) >= 11 is 0. The van der Waals surface area contributed by atoms with Crippen LogP contribution in [0.5, 0.6) is 0 Å². The first kappa shape index (κ1) is 13.6. The maximum atomic E-state index is 4.41. The predicted molar refractivity (Wildman–Crippen MR) is 79.4 cm³/mol. The molecule has 0 radical (unpaired) electrons. The third-order valence-corrected chi connectivity index (χ3v) is 3.06. The van der Waals surface area contributed by atoms with Gasteiger partial charge in [-0.2, -0.15) is 5.10 Å². The fraction of sp³-hybridized carbons (Fsp3) is 0.312. The van der Waals surface area contributed by atoms with Gasteiger partial charge in [-0.25, -0.2) is 4.68 Å². The highest BCUT2D eigenvalue weighted by molar-refractivity contribution is 5.31. The molecule has 1 unspecified atom stereocenters. The minimum Gasteiger partial charge on any atom is -0.307 e. The number of nitrogens with one attached hydrogen (secondary N) is 1. The highest BCUT2D eigenvalue weighted by Crippen LogP contribution is 2.14. The van der Waals surface area contributed by atoms with Crippen LogP contribution in [0.4, 0.5) is 0 Å². The lowest BCUT2D eigenvalue weighted by Crippen LogP contribution is -2.18. The Labute approximate surface area is 115 Å². The quantitative estimate of drug-likeness (QED) is 0.829. The van der Waals surface area contributed by atoms with E-state index in [1.54, 1.807) is 0 Å². The molecule has 1 aromatic carbocycles. The van der Waals surface area contributed by atoms with Crippen molar-refractivity contribution in [2.45, 2.75) is 26.8 Å². The molecule has 0 saturated heterocycles. The Morgan fingerprint density at radius 3 is 2.74 bits per heavy atom. The summed E-state index contributed by atoms with van der Waals surface area (Å²) in [6.45, 7) is 7.27. The smallest absolute Gasteiger partial charge is 0.0645 e. The second kappa shape index (κ2) is 6.34. The molecule has 3 nitrogen and oxygen atoms in total. The van der Waals surface area contributed by atoms with Crippen LogP contribution < -0.4 is 5.32 Å². The molecule has 2 aromatic rings. The molecule has 1 heterocycles. The Morgan fingerprint density at radius 1 is 1.32 bits per heavy atom. The van der Waals surface area contributed by atoms with Crippen molar-refractivity contribution in [2.75, 3.05) is 6.54 Å². The van der Waals surface area contributed by atoms with Crippen LogP contribution in [0.15, 0.2) is 54.4 Å². The number of nitrogens with zero attached hydrogens (tertiary/aromatic N) is 2. The molecule has 0 spiro atoms. The highest BCUT2D eigenvalue weighted by Gasteiger charge is 2.07. The van der Waals surface area contributed by atoms with Gasteiger partial charge in [-0.1, -0.05) is 29.8 Å². The number of para-hydroxylation sites is 1. The maximum Gasteiger partial charge on any atom is 0.0645 e. The van der Waals surface area contributed by atoms with E-state index in [2.05, 4.69) is 55.6 Å². The van der Waals surface area contributed by atoms with Gasteiger partial charge in [-0.3, -0.25) is 0 Å². The Morgan fingerprint density at radius 2 is 2.05 bits per heavy atom. The van der Waals surface area contributed by atoms with Crippen molar-refractivity contribution >= 4 is 0 Å². The van der Waals surface area contributed by atoms with Gasteiger partial charge in [0.15, 0.2) is 0 Å². The van der Waals surface area contributed by atoms with Gasteiger partial charge in [-0.15, -0.1) is 0 Å². The summed E-state index contributed by atoms with van der Waals surface area (Å²) in [5, 5.41) is 7.88. The molecule has 0 aliphatic rings. The lowest BCUT2D eigenvalue weighted by molar-refractivity contribution is 0.616. The Bertz CT molecular complexity index is 536. The third-order valence-electron chi connectivity index (χ3n) is 3.06. The first-order valence-corrected chi connectivity index (χ1v) is 6.63. The lowest BCUT2D eigenvalue weighted by Gasteiger charge is -2.10. The van der Waals surface area contributed by atoms with Gasteiger partial charge in [0.2, 0.25) is 0 Å². The first-order chi connectivity index (χ1) is 9.16. The van der Waals surface area contributed by atoms with Gasteiger partial charge in [0.25, 0.3) is 0 Å². The van der Waals surface area contributed by atoms with Crippen LogP contribution in [0.2, 0.25) is 0 Å². The van der Waals surface area contributed by atoms with E-state index in [0.29, 0.717) is 6.04 Å². The maximum absolute atomic E-state index is 4.41. The fourth-order valence-corrected chi connectivity index (χ4v) is 1.84. The van der Waals surface area contributed by atoms with Gasteiger partial charge in [0.05, 0.1) is 11.9 Å². The van der Waals surface area contributed by atoms with Crippen molar-refractivity contribution in [3.63, 3.8) is 0 Å². The van der Waals surface area contributed by atoms with Crippen LogP contribution in [0.3, 0.4) is 0 Å². The molecule has 0 bridgehead atoms. The molecule has 3 heteroatoms. The summed E-state index contributed by atoms with van der Waals surface area (Å²) in [5.74, 6) is 0. The second-order valence-electron chi connectivity index (χ2n) is 4.97. The van der Waals surface area contributed by atoms with Gasteiger partial charge >= 0.3 is 0 Å². The molecule has 100 valence electrons. The van der Waals surface area contributed by atoms with Crippen LogP contribution in [-0.4, -0.2) is 16.3 Å². The normalized spacial score (nSPS) is 12.2. The third kappa shape index (κ3) is 3.80. The van der Waals surface area contributed by atoms with Crippen LogP contribution >= 0.6 is 0 Å². The molecule has 0 aliphatic heterocycles. The van der Waals surface area contributed by atoms with E-state index in [1.807, 2.05) is 29.1 Å². The van der Waals surface area contributed by atoms with Crippen molar-refractivity contribution in [3.8, 4) is 5.69 Å². The summed E-state index contributed by atoms with van der Waals surface area (Å²) in [6, 6.07) is 10.5. The zero-order chi connectivity index (χ0) is 13.7. The highest BCUT2D eigenvalue weighted by atomic mass is 15.3. The van der Waals surface area contributed by atoms with Gasteiger partial charge in [0, 0.05) is 24.3 Å². The summed E-state index contributed by atoms with van der Waals surface area (Å²) < 4.78 is 1.91. The van der Waals surface area contributed by atoms with E-state index in [-0.39, 0.29) is 0 Å². The van der Waals surface area contributed by atoms with Crippen LogP contribution in [0.25, 0.3) is 5.69 Å². The fourth-order valence-electron chi connectivity index (χ4n) is 1.84. The van der Waals surface area contributed by atoms with Gasteiger partial charge < -0.3 is 5.32 Å². The molecule has 0 saturated carbocycles. The van der Waals surface area contributed by atoms with Crippen molar-refractivity contribution in [1.29, 1.82) is 0 Å². The molecule has 0 fully saturated rings. The zero-order valence-corrected chi connectivity index (χ0v) is 11.8. The van der Waals surface area contributed by atoms with E-state index in [0.717, 1.165) is 12.2 Å². The summed E-state index contributed by atoms with van der Waals surface area (Å²) in [5.41, 5.74) is 3.62. The summed E-state index contributed by atoms with van der Waals surface area (Å²) in [6.07, 6.45) is 6.20. The molecule has 0 amide bonds. The van der Waals surface area contributed by atoms with Crippen molar-refractivity contribution in [2.24, 2.45) is 0 Å². The van der Waals surface area contributed by atoms with Gasteiger partial charge in [0.1, 0.15) is 0 Å². The number of hydrogen-bond donors (Lipinski definition) is 1. The molecule has 19 heavy (non-hydrogen) atoms. The van der Waals surface area contributed by atoms with E-state index in [4.69, 9.17) is 0 Å². The van der Waals surface area contributed by atoms with E-state index in [9.17, 15) is 0 Å². The zero-order valence-electron chi connectivity index (χ0n) is 11.8. The van der Waals surface area contributed by atoms with E-state index < -0.39 is 0 Å². The molecule has 2 rings (SSSR count). The summed E-state index contributed by atoms with van der Waals surface area (Å²) in [7, 11) is 0. The minimum absolute atomic E-state index is 0.299. The Balaban J connectivity index is 2.03. The molecular weight excluding hydrogens is 234 g/mol.